The van der Waals surface area contributed by atoms with Crippen molar-refractivity contribution in [1.29, 1.82) is 0 Å². The highest BCUT2D eigenvalue weighted by molar-refractivity contribution is 6.03. The molecule has 3 rings (SSSR count). The number of nitrogens with zero attached hydrogens (tertiary/aromatic N) is 2. The number of hydrogen-bond acceptors (Lipinski definition) is 2. The summed E-state index contributed by atoms with van der Waals surface area (Å²) in [6.45, 7) is 4.96. The molecule has 0 aromatic carbocycles. The van der Waals surface area contributed by atoms with Crippen LogP contribution in [0.3, 0.4) is 0 Å². The lowest BCUT2D eigenvalue weighted by Gasteiger charge is -2.10. The lowest BCUT2D eigenvalue weighted by molar-refractivity contribution is 0.102. The summed E-state index contributed by atoms with van der Waals surface area (Å²) < 4.78 is 1.95. The summed E-state index contributed by atoms with van der Waals surface area (Å²) in [5.41, 5.74) is 2.93. The Balaban J connectivity index is 2.10. The first-order valence-electron chi connectivity index (χ1n) is 6.10. The largest absolute Gasteiger partial charge is 0.339 e. The molecule has 0 bridgehead atoms. The molecule has 0 fully saturated rings. The second-order valence-corrected chi connectivity index (χ2v) is 4.91. The molecule has 4 heteroatoms. The molecule has 0 saturated carbocycles. The SMILES string of the molecule is CC(C)c1cnc2c(c1)Cn1cccc1C(=O)N2. The maximum Gasteiger partial charge on any atom is 0.273 e. The van der Waals surface area contributed by atoms with Gasteiger partial charge < -0.3 is 9.88 Å². The van der Waals surface area contributed by atoms with Crippen LogP contribution in [0, 0.1) is 0 Å². The monoisotopic (exact) mass is 241 g/mol. The molecular formula is C14H15N3O. The molecule has 0 unspecified atom stereocenters. The van der Waals surface area contributed by atoms with Gasteiger partial charge in [-0.15, -0.1) is 0 Å². The van der Waals surface area contributed by atoms with Gasteiger partial charge in [0, 0.05) is 18.0 Å². The Morgan fingerprint density at radius 1 is 1.44 bits per heavy atom. The molecule has 92 valence electrons. The molecule has 0 saturated heterocycles. The first-order valence-corrected chi connectivity index (χ1v) is 6.10. The third-order valence-electron chi connectivity index (χ3n) is 3.29. The van der Waals surface area contributed by atoms with Crippen LogP contribution in [-0.2, 0) is 6.54 Å². The van der Waals surface area contributed by atoms with Crippen LogP contribution in [0.1, 0.15) is 41.4 Å². The minimum absolute atomic E-state index is 0.0939. The maximum atomic E-state index is 12.0. The van der Waals surface area contributed by atoms with E-state index >= 15 is 0 Å². The molecule has 0 atom stereocenters. The minimum atomic E-state index is -0.0939. The fourth-order valence-electron chi connectivity index (χ4n) is 2.19. The van der Waals surface area contributed by atoms with Gasteiger partial charge in [-0.25, -0.2) is 4.98 Å². The van der Waals surface area contributed by atoms with Crippen LogP contribution in [0.4, 0.5) is 5.82 Å². The van der Waals surface area contributed by atoms with Gasteiger partial charge in [0.25, 0.3) is 5.91 Å². The lowest BCUT2D eigenvalue weighted by atomic mass is 10.0. The van der Waals surface area contributed by atoms with Gasteiger partial charge in [-0.2, -0.15) is 0 Å². The number of nitrogens with one attached hydrogen (secondary N) is 1. The normalized spacial score (nSPS) is 13.8. The minimum Gasteiger partial charge on any atom is -0.339 e. The number of carbonyl (C=O) groups excluding carboxylic acids is 1. The van der Waals surface area contributed by atoms with Crippen LogP contribution in [-0.4, -0.2) is 15.5 Å². The standard InChI is InChI=1S/C14H15N3O/c1-9(2)10-6-11-8-17-5-3-4-12(17)14(18)16-13(11)15-7-10/h3-7,9H,8H2,1-2H3,(H,15,16,18). The average Bonchev–Trinajstić information content (AvgIpc) is 2.74. The molecule has 2 aromatic rings. The van der Waals surface area contributed by atoms with Gasteiger partial charge in [-0.05, 0) is 29.7 Å². The fraction of sp³-hybridized carbons (Fsp3) is 0.286. The van der Waals surface area contributed by atoms with Gasteiger partial charge in [-0.3, -0.25) is 4.79 Å². The summed E-state index contributed by atoms with van der Waals surface area (Å²) in [7, 11) is 0. The number of amides is 1. The van der Waals surface area contributed by atoms with Crippen LogP contribution in [0.25, 0.3) is 0 Å². The van der Waals surface area contributed by atoms with Crippen molar-refractivity contribution in [3.8, 4) is 0 Å². The van der Waals surface area contributed by atoms with Gasteiger partial charge in [0.05, 0.1) is 6.54 Å². The van der Waals surface area contributed by atoms with Crippen molar-refractivity contribution in [2.75, 3.05) is 5.32 Å². The van der Waals surface area contributed by atoms with Gasteiger partial charge >= 0.3 is 0 Å². The van der Waals surface area contributed by atoms with E-state index in [0.717, 1.165) is 5.56 Å². The Bertz CT molecular complexity index is 613. The number of carbonyl (C=O) groups is 1. The van der Waals surface area contributed by atoms with Crippen molar-refractivity contribution in [3.05, 3.63) is 47.4 Å². The Kier molecular flexibility index (Phi) is 2.44. The Morgan fingerprint density at radius 2 is 2.28 bits per heavy atom. The summed E-state index contributed by atoms with van der Waals surface area (Å²) in [5, 5.41) is 2.86. The second-order valence-electron chi connectivity index (χ2n) is 4.91. The zero-order chi connectivity index (χ0) is 12.7. The highest BCUT2D eigenvalue weighted by Gasteiger charge is 2.19. The Labute approximate surface area is 106 Å². The molecule has 0 aliphatic carbocycles. The molecule has 2 aromatic heterocycles. The van der Waals surface area contributed by atoms with Gasteiger partial charge in [-0.1, -0.05) is 13.8 Å². The van der Waals surface area contributed by atoms with E-state index < -0.39 is 0 Å². The van der Waals surface area contributed by atoms with Gasteiger partial charge in [0.2, 0.25) is 0 Å². The molecule has 0 radical (unpaired) electrons. The van der Waals surface area contributed by atoms with Crippen LogP contribution in [0.15, 0.2) is 30.6 Å². The molecule has 1 aliphatic rings. The Hall–Kier alpha value is -2.10. The van der Waals surface area contributed by atoms with Crippen LogP contribution >= 0.6 is 0 Å². The number of fused-ring (bicyclic) bond motifs is 2. The zero-order valence-corrected chi connectivity index (χ0v) is 10.5. The van der Waals surface area contributed by atoms with Gasteiger partial charge in [0.1, 0.15) is 11.5 Å². The van der Waals surface area contributed by atoms with Gasteiger partial charge in [0.15, 0.2) is 0 Å². The predicted molar refractivity (Wildman–Crippen MR) is 69.8 cm³/mol. The molecule has 4 nitrogen and oxygen atoms in total. The summed E-state index contributed by atoms with van der Waals surface area (Å²) in [4.78, 5) is 16.3. The van der Waals surface area contributed by atoms with Crippen LogP contribution in [0.5, 0.6) is 0 Å². The number of aromatic nitrogens is 2. The van der Waals surface area contributed by atoms with E-state index in [4.69, 9.17) is 0 Å². The molecule has 3 heterocycles. The summed E-state index contributed by atoms with van der Waals surface area (Å²) >= 11 is 0. The van der Waals surface area contributed by atoms with Crippen molar-refractivity contribution in [2.24, 2.45) is 0 Å². The zero-order valence-electron chi connectivity index (χ0n) is 10.5. The van der Waals surface area contributed by atoms with E-state index in [-0.39, 0.29) is 5.91 Å². The van der Waals surface area contributed by atoms with E-state index in [1.807, 2.05) is 29.1 Å². The van der Waals surface area contributed by atoms with E-state index in [1.165, 1.54) is 5.56 Å². The van der Waals surface area contributed by atoms with Crippen molar-refractivity contribution in [1.82, 2.24) is 9.55 Å². The lowest BCUT2D eigenvalue weighted by Crippen LogP contribution is -2.13. The third kappa shape index (κ3) is 1.70. The number of hydrogen-bond donors (Lipinski definition) is 1. The summed E-state index contributed by atoms with van der Waals surface area (Å²) in [6, 6.07) is 5.84. The molecule has 1 amide bonds. The van der Waals surface area contributed by atoms with E-state index in [2.05, 4.69) is 30.2 Å². The third-order valence-corrected chi connectivity index (χ3v) is 3.29. The fourth-order valence-corrected chi connectivity index (χ4v) is 2.19. The van der Waals surface area contributed by atoms with Crippen LogP contribution < -0.4 is 5.32 Å². The Morgan fingerprint density at radius 3 is 3.06 bits per heavy atom. The van der Waals surface area contributed by atoms with Crippen molar-refractivity contribution < 1.29 is 4.79 Å². The summed E-state index contributed by atoms with van der Waals surface area (Å²) in [5.74, 6) is 1.02. The first kappa shape index (κ1) is 11.0. The first-order chi connectivity index (χ1) is 8.65. The number of rotatable bonds is 1. The molecule has 18 heavy (non-hydrogen) atoms. The van der Waals surface area contributed by atoms with Crippen molar-refractivity contribution >= 4 is 11.7 Å². The van der Waals surface area contributed by atoms with E-state index in [9.17, 15) is 4.79 Å². The highest BCUT2D eigenvalue weighted by atomic mass is 16.2. The van der Waals surface area contributed by atoms with Crippen molar-refractivity contribution in [3.63, 3.8) is 0 Å². The quantitative estimate of drug-likeness (QED) is 0.834. The topological polar surface area (TPSA) is 46.9 Å². The number of pyridine rings is 1. The molecular weight excluding hydrogens is 226 g/mol. The highest BCUT2D eigenvalue weighted by Crippen LogP contribution is 2.24. The molecule has 0 spiro atoms. The number of anilines is 1. The van der Waals surface area contributed by atoms with Crippen molar-refractivity contribution in [2.45, 2.75) is 26.3 Å². The maximum absolute atomic E-state index is 12.0. The summed E-state index contributed by atoms with van der Waals surface area (Å²) in [6.07, 6.45) is 3.76. The molecule has 1 aliphatic heterocycles. The van der Waals surface area contributed by atoms with E-state index in [0.29, 0.717) is 24.0 Å². The van der Waals surface area contributed by atoms with Crippen LogP contribution in [0.2, 0.25) is 0 Å². The van der Waals surface area contributed by atoms with E-state index in [1.54, 1.807) is 0 Å². The molecule has 1 N–H and O–H groups in total. The second kappa shape index (κ2) is 3.98. The smallest absolute Gasteiger partial charge is 0.273 e. The average molecular weight is 241 g/mol. The predicted octanol–water partition coefficient (Wildman–Crippen LogP) is 2.62.